The monoisotopic (exact) mass is 599 g/mol. The summed E-state index contributed by atoms with van der Waals surface area (Å²) in [6.45, 7) is 5.63. The molecular weight excluding hydrogens is 554 g/mol. The van der Waals surface area contributed by atoms with Crippen molar-refractivity contribution in [2.24, 2.45) is 5.92 Å². The van der Waals surface area contributed by atoms with Gasteiger partial charge in [-0.2, -0.15) is 0 Å². The van der Waals surface area contributed by atoms with E-state index in [9.17, 15) is 19.2 Å². The summed E-state index contributed by atoms with van der Waals surface area (Å²) in [6, 6.07) is 16.0. The highest BCUT2D eigenvalue weighted by molar-refractivity contribution is 5.94. The molecule has 2 aromatic carbocycles. The van der Waals surface area contributed by atoms with Crippen molar-refractivity contribution < 1.29 is 23.9 Å². The second-order valence-electron chi connectivity index (χ2n) is 11.9. The molecule has 0 spiro atoms. The van der Waals surface area contributed by atoms with Crippen molar-refractivity contribution in [1.82, 2.24) is 16.0 Å². The quantitative estimate of drug-likeness (QED) is 0.355. The molecule has 1 unspecified atom stereocenters. The van der Waals surface area contributed by atoms with Gasteiger partial charge in [0.05, 0.1) is 6.42 Å². The minimum Gasteiger partial charge on any atom is -0.460 e. The lowest BCUT2D eigenvalue weighted by atomic mass is 9.81. The van der Waals surface area contributed by atoms with Crippen LogP contribution < -0.4 is 16.0 Å². The Morgan fingerprint density at radius 2 is 1.59 bits per heavy atom. The normalized spacial score (nSPS) is 24.7. The van der Waals surface area contributed by atoms with Crippen molar-refractivity contribution in [3.05, 3.63) is 95.6 Å². The number of hydrogen-bond donors (Lipinski definition) is 3. The molecule has 0 bridgehead atoms. The van der Waals surface area contributed by atoms with Gasteiger partial charge >= 0.3 is 5.97 Å². The highest BCUT2D eigenvalue weighted by Gasteiger charge is 2.37. The van der Waals surface area contributed by atoms with E-state index < -0.39 is 53.8 Å². The number of rotatable bonds is 9. The lowest BCUT2D eigenvalue weighted by molar-refractivity contribution is -0.157. The Bertz CT molecular complexity index is 1340. The van der Waals surface area contributed by atoms with Gasteiger partial charge in [-0.1, -0.05) is 106 Å². The Morgan fingerprint density at radius 3 is 2.25 bits per heavy atom. The van der Waals surface area contributed by atoms with Crippen LogP contribution in [-0.2, 0) is 30.3 Å². The summed E-state index contributed by atoms with van der Waals surface area (Å²) in [5.41, 5.74) is 2.64. The van der Waals surface area contributed by atoms with Crippen LogP contribution in [0.4, 0.5) is 0 Å². The fourth-order valence-corrected chi connectivity index (χ4v) is 5.83. The summed E-state index contributed by atoms with van der Waals surface area (Å²) in [4.78, 5) is 54.8. The van der Waals surface area contributed by atoms with E-state index in [1.165, 1.54) is 0 Å². The Kier molecular flexibility index (Phi) is 11.9. The zero-order valence-corrected chi connectivity index (χ0v) is 26.0. The van der Waals surface area contributed by atoms with Crippen LogP contribution in [0.1, 0.15) is 76.3 Å². The van der Waals surface area contributed by atoms with Crippen LogP contribution in [0, 0.1) is 5.92 Å². The van der Waals surface area contributed by atoms with Crippen molar-refractivity contribution in [2.45, 2.75) is 95.9 Å². The number of ether oxygens (including phenoxy) is 1. The average Bonchev–Trinajstić information content (AvgIpc) is 3.04. The fraction of sp³-hybridized carbons (Fsp3) is 0.444. The molecule has 2 aromatic rings. The van der Waals surface area contributed by atoms with Gasteiger partial charge in [0.25, 0.3) is 0 Å². The van der Waals surface area contributed by atoms with Gasteiger partial charge in [0.2, 0.25) is 17.7 Å². The number of cyclic esters (lactones) is 1. The van der Waals surface area contributed by atoms with Gasteiger partial charge in [0.1, 0.15) is 24.2 Å². The van der Waals surface area contributed by atoms with Crippen molar-refractivity contribution >= 4 is 23.7 Å². The fourth-order valence-electron chi connectivity index (χ4n) is 5.83. The van der Waals surface area contributed by atoms with E-state index in [2.05, 4.69) is 35.0 Å². The maximum Gasteiger partial charge on any atom is 0.329 e. The molecule has 3 amide bonds. The van der Waals surface area contributed by atoms with Crippen LogP contribution in [-0.4, -0.2) is 47.9 Å². The SMILES string of the molecule is CCCC[C@H](C)[C@@H]1CC(=O)N[C@H](C(C2=CCCC=C2)c2ccccc2)C(=O)N[C@@H](C)C(=O)N[C@H](Cc2ccccc2)C(=O)O1. The molecule has 8 heteroatoms. The van der Waals surface area contributed by atoms with E-state index in [0.717, 1.165) is 48.8 Å². The van der Waals surface area contributed by atoms with E-state index in [1.54, 1.807) is 6.92 Å². The van der Waals surface area contributed by atoms with Crippen LogP contribution in [0.15, 0.2) is 84.5 Å². The number of nitrogens with one attached hydrogen (secondary N) is 3. The van der Waals surface area contributed by atoms with Gasteiger partial charge in [0.15, 0.2) is 0 Å². The summed E-state index contributed by atoms with van der Waals surface area (Å²) in [5, 5.41) is 8.63. The molecule has 0 radical (unpaired) electrons. The number of esters is 1. The van der Waals surface area contributed by atoms with E-state index in [0.29, 0.717) is 0 Å². The molecule has 3 N–H and O–H groups in total. The first-order valence-electron chi connectivity index (χ1n) is 15.8. The molecule has 0 saturated carbocycles. The number of carbonyl (C=O) groups excluding carboxylic acids is 4. The molecule has 1 fully saturated rings. The lowest BCUT2D eigenvalue weighted by Gasteiger charge is -2.31. The number of benzene rings is 2. The standard InChI is InChI=1S/C36H45N3O5/c1-4-5-15-24(2)30-23-31(40)39-33(32(27-18-11-7-12-19-27)28-20-13-8-14-21-28)35(42)37-25(3)34(41)38-29(36(43)44-30)22-26-16-9-6-10-17-26/h6-7,9-13,16-21,24-25,29-30,32-33H,4-5,8,14-15,22-23H2,1-3H3,(H,37,42)(H,38,41)(H,39,40)/t24-,25-,29+,30-,32?,33+/m0/s1. The van der Waals surface area contributed by atoms with E-state index in [1.807, 2.05) is 73.7 Å². The largest absolute Gasteiger partial charge is 0.460 e. The van der Waals surface area contributed by atoms with Crippen molar-refractivity contribution in [3.63, 3.8) is 0 Å². The van der Waals surface area contributed by atoms with Gasteiger partial charge in [-0.25, -0.2) is 4.79 Å². The van der Waals surface area contributed by atoms with Gasteiger partial charge in [-0.3, -0.25) is 14.4 Å². The average molecular weight is 600 g/mol. The molecule has 1 aliphatic heterocycles. The Balaban J connectivity index is 1.71. The number of hydrogen-bond acceptors (Lipinski definition) is 5. The van der Waals surface area contributed by atoms with Gasteiger partial charge in [-0.15, -0.1) is 0 Å². The zero-order chi connectivity index (χ0) is 31.5. The van der Waals surface area contributed by atoms with E-state index in [-0.39, 0.29) is 18.8 Å². The van der Waals surface area contributed by atoms with Crippen LogP contribution in [0.5, 0.6) is 0 Å². The second kappa shape index (κ2) is 16.0. The smallest absolute Gasteiger partial charge is 0.329 e. The zero-order valence-electron chi connectivity index (χ0n) is 26.0. The van der Waals surface area contributed by atoms with Crippen molar-refractivity contribution in [2.75, 3.05) is 0 Å². The lowest BCUT2D eigenvalue weighted by Crippen LogP contribution is -2.56. The summed E-state index contributed by atoms with van der Waals surface area (Å²) < 4.78 is 6.04. The molecule has 6 atom stereocenters. The molecule has 2 aliphatic rings. The third kappa shape index (κ3) is 8.91. The van der Waals surface area contributed by atoms with E-state index >= 15 is 0 Å². The maximum atomic E-state index is 14.0. The first-order valence-corrected chi connectivity index (χ1v) is 15.8. The molecule has 234 valence electrons. The van der Waals surface area contributed by atoms with Crippen LogP contribution in [0.3, 0.4) is 0 Å². The first kappa shape index (κ1) is 32.7. The highest BCUT2D eigenvalue weighted by atomic mass is 16.5. The summed E-state index contributed by atoms with van der Waals surface area (Å²) in [7, 11) is 0. The topological polar surface area (TPSA) is 114 Å². The summed E-state index contributed by atoms with van der Waals surface area (Å²) >= 11 is 0. The van der Waals surface area contributed by atoms with Gasteiger partial charge < -0.3 is 20.7 Å². The van der Waals surface area contributed by atoms with Gasteiger partial charge in [0, 0.05) is 12.3 Å². The predicted octanol–water partition coefficient (Wildman–Crippen LogP) is 4.91. The van der Waals surface area contributed by atoms with Crippen LogP contribution in [0.2, 0.25) is 0 Å². The third-order valence-electron chi connectivity index (χ3n) is 8.41. The Labute approximate surface area is 260 Å². The number of carbonyl (C=O) groups is 4. The van der Waals surface area contributed by atoms with E-state index in [4.69, 9.17) is 4.74 Å². The van der Waals surface area contributed by atoms with Crippen molar-refractivity contribution in [1.29, 1.82) is 0 Å². The first-order chi connectivity index (χ1) is 21.3. The summed E-state index contributed by atoms with van der Waals surface area (Å²) in [5.74, 6) is -2.57. The Hall–Kier alpha value is -4.20. The van der Waals surface area contributed by atoms with Crippen LogP contribution in [0.25, 0.3) is 0 Å². The molecular formula is C36H45N3O5. The second-order valence-corrected chi connectivity index (χ2v) is 11.9. The minimum atomic E-state index is -1.00. The molecule has 0 aromatic heterocycles. The van der Waals surface area contributed by atoms with Gasteiger partial charge in [-0.05, 0) is 48.8 Å². The maximum absolute atomic E-state index is 14.0. The van der Waals surface area contributed by atoms with Crippen LogP contribution >= 0.6 is 0 Å². The molecule has 1 saturated heterocycles. The predicted molar refractivity (Wildman–Crippen MR) is 170 cm³/mol. The summed E-state index contributed by atoms with van der Waals surface area (Å²) in [6.07, 6.45) is 9.93. The number of amides is 3. The molecule has 44 heavy (non-hydrogen) atoms. The molecule has 8 nitrogen and oxygen atoms in total. The highest BCUT2D eigenvalue weighted by Crippen LogP contribution is 2.32. The number of unbranched alkanes of at least 4 members (excludes halogenated alkanes) is 1. The van der Waals surface area contributed by atoms with Crippen molar-refractivity contribution in [3.8, 4) is 0 Å². The molecule has 1 heterocycles. The number of allylic oxidation sites excluding steroid dienone is 3. The Morgan fingerprint density at radius 1 is 0.886 bits per heavy atom. The molecule has 1 aliphatic carbocycles. The molecule has 4 rings (SSSR count). The minimum absolute atomic E-state index is 0.0989. The third-order valence-corrected chi connectivity index (χ3v) is 8.41.